The van der Waals surface area contributed by atoms with Crippen LogP contribution in [0.15, 0.2) is 48.5 Å². The molecule has 0 spiro atoms. The Balaban J connectivity index is 2.07. The summed E-state index contributed by atoms with van der Waals surface area (Å²) < 4.78 is 0. The van der Waals surface area contributed by atoms with E-state index in [2.05, 4.69) is 19.2 Å². The van der Waals surface area contributed by atoms with Crippen LogP contribution in [0, 0.1) is 5.92 Å². The van der Waals surface area contributed by atoms with E-state index in [4.69, 9.17) is 0 Å². The molecule has 0 fully saturated rings. The number of carbonyl (C=O) groups is 1. The smallest absolute Gasteiger partial charge is 0.224 e. The van der Waals surface area contributed by atoms with Gasteiger partial charge in [-0.1, -0.05) is 25.1 Å². The fraction of sp³-hybridized carbons (Fsp3) is 0.316. The van der Waals surface area contributed by atoms with Gasteiger partial charge in [-0.15, -0.1) is 0 Å². The number of anilines is 2. The van der Waals surface area contributed by atoms with Crippen molar-refractivity contribution in [2.24, 2.45) is 5.92 Å². The maximum absolute atomic E-state index is 12.1. The van der Waals surface area contributed by atoms with Crippen molar-refractivity contribution in [1.82, 2.24) is 0 Å². The number of nitrogens with one attached hydrogen (secondary N) is 1. The van der Waals surface area contributed by atoms with Crippen molar-refractivity contribution >= 4 is 17.3 Å². The van der Waals surface area contributed by atoms with Crippen molar-refractivity contribution in [3.05, 3.63) is 54.1 Å². The van der Waals surface area contributed by atoms with Gasteiger partial charge in [-0.3, -0.25) is 4.79 Å². The van der Waals surface area contributed by atoms with Crippen molar-refractivity contribution in [3.8, 4) is 5.75 Å². The van der Waals surface area contributed by atoms with E-state index >= 15 is 0 Å². The molecule has 1 aliphatic heterocycles. The molecule has 0 saturated carbocycles. The number of hydrogen-bond donors (Lipinski definition) is 2. The number of carbonyl (C=O) groups excluding carboxylic acids is 1. The maximum Gasteiger partial charge on any atom is 0.224 e. The van der Waals surface area contributed by atoms with Crippen LogP contribution >= 0.6 is 0 Å². The third-order valence-corrected chi connectivity index (χ3v) is 4.73. The van der Waals surface area contributed by atoms with E-state index in [9.17, 15) is 9.90 Å². The number of fused-ring (bicyclic) bond motifs is 1. The molecule has 1 amide bonds. The zero-order chi connectivity index (χ0) is 16.6. The van der Waals surface area contributed by atoms with Gasteiger partial charge < -0.3 is 15.3 Å². The first-order valence-corrected chi connectivity index (χ1v) is 7.93. The van der Waals surface area contributed by atoms with E-state index in [0.717, 1.165) is 16.9 Å². The minimum absolute atomic E-state index is 0.0226. The highest BCUT2D eigenvalue weighted by atomic mass is 16.3. The van der Waals surface area contributed by atoms with Gasteiger partial charge in [-0.25, -0.2) is 0 Å². The van der Waals surface area contributed by atoms with Gasteiger partial charge in [0.2, 0.25) is 5.91 Å². The molecule has 2 unspecified atom stereocenters. The molecule has 4 nitrogen and oxygen atoms in total. The lowest BCUT2D eigenvalue weighted by atomic mass is 9.82. The minimum Gasteiger partial charge on any atom is -0.508 e. The van der Waals surface area contributed by atoms with Gasteiger partial charge >= 0.3 is 0 Å². The predicted octanol–water partition coefficient (Wildman–Crippen LogP) is 3.94. The first kappa shape index (κ1) is 15.4. The molecule has 0 aromatic heterocycles. The van der Waals surface area contributed by atoms with Gasteiger partial charge in [0.25, 0.3) is 0 Å². The van der Waals surface area contributed by atoms with Gasteiger partial charge in [0.05, 0.1) is 6.04 Å². The first-order valence-electron chi connectivity index (χ1n) is 7.93. The Bertz CT molecular complexity index is 715. The highest BCUT2D eigenvalue weighted by Crippen LogP contribution is 2.43. The summed E-state index contributed by atoms with van der Waals surface area (Å²) in [5, 5.41) is 13.5. The standard InChI is InChI=1S/C19H22N2O2/c1-12-13(2)21(14(3)22)18-10-9-16(23)11-17(18)19(12)20-15-7-5-4-6-8-15/h4-13,19-20,23H,1-3H3/t12?,13-,19?/m0/s1. The molecule has 0 radical (unpaired) electrons. The molecule has 2 aromatic carbocycles. The molecular formula is C19H22N2O2. The van der Waals surface area contributed by atoms with Gasteiger partial charge in [-0.05, 0) is 37.3 Å². The Morgan fingerprint density at radius 3 is 2.48 bits per heavy atom. The molecule has 0 saturated heterocycles. The number of aromatic hydroxyl groups is 1. The topological polar surface area (TPSA) is 52.6 Å². The molecule has 0 bridgehead atoms. The third-order valence-electron chi connectivity index (χ3n) is 4.73. The van der Waals surface area contributed by atoms with Crippen molar-refractivity contribution in [2.75, 3.05) is 10.2 Å². The molecule has 2 aromatic rings. The normalized spacial score (nSPS) is 23.3. The maximum atomic E-state index is 12.1. The second-order valence-corrected chi connectivity index (χ2v) is 6.22. The zero-order valence-corrected chi connectivity index (χ0v) is 13.7. The van der Waals surface area contributed by atoms with E-state index in [1.807, 2.05) is 41.3 Å². The summed E-state index contributed by atoms with van der Waals surface area (Å²) in [5.74, 6) is 0.441. The van der Waals surface area contributed by atoms with Crippen molar-refractivity contribution in [2.45, 2.75) is 32.9 Å². The molecule has 3 rings (SSSR count). The summed E-state index contributed by atoms with van der Waals surface area (Å²) in [5.41, 5.74) is 2.85. The lowest BCUT2D eigenvalue weighted by molar-refractivity contribution is -0.117. The summed E-state index contributed by atoms with van der Waals surface area (Å²) in [6.45, 7) is 5.79. The molecule has 3 atom stereocenters. The number of phenols is 1. The molecule has 4 heteroatoms. The Kier molecular flexibility index (Phi) is 3.99. The minimum atomic E-state index is 0.0226. The van der Waals surface area contributed by atoms with Crippen LogP contribution in [0.25, 0.3) is 0 Å². The summed E-state index contributed by atoms with van der Waals surface area (Å²) >= 11 is 0. The zero-order valence-electron chi connectivity index (χ0n) is 13.7. The third kappa shape index (κ3) is 2.77. The highest BCUT2D eigenvalue weighted by molar-refractivity contribution is 5.94. The quantitative estimate of drug-likeness (QED) is 0.883. The van der Waals surface area contributed by atoms with Crippen LogP contribution in [-0.2, 0) is 4.79 Å². The molecule has 23 heavy (non-hydrogen) atoms. The average Bonchev–Trinajstić information content (AvgIpc) is 2.53. The van der Waals surface area contributed by atoms with E-state index in [-0.39, 0.29) is 29.7 Å². The monoisotopic (exact) mass is 310 g/mol. The van der Waals surface area contributed by atoms with E-state index in [0.29, 0.717) is 0 Å². The number of rotatable bonds is 2. The van der Waals surface area contributed by atoms with Crippen LogP contribution in [0.4, 0.5) is 11.4 Å². The Morgan fingerprint density at radius 1 is 1.13 bits per heavy atom. The Labute approximate surface area is 136 Å². The largest absolute Gasteiger partial charge is 0.508 e. The van der Waals surface area contributed by atoms with Gasteiger partial charge in [-0.2, -0.15) is 0 Å². The van der Waals surface area contributed by atoms with Gasteiger partial charge in [0, 0.05) is 35.8 Å². The average molecular weight is 310 g/mol. The molecule has 0 aliphatic carbocycles. The van der Waals surface area contributed by atoms with E-state index in [1.165, 1.54) is 0 Å². The number of amides is 1. The molecule has 2 N–H and O–H groups in total. The fourth-order valence-electron chi connectivity index (χ4n) is 3.41. The van der Waals surface area contributed by atoms with Crippen molar-refractivity contribution in [3.63, 3.8) is 0 Å². The molecule has 1 heterocycles. The SMILES string of the molecule is CC(=O)N1c2ccc(O)cc2C(Nc2ccccc2)C(C)[C@@H]1C. The van der Waals surface area contributed by atoms with Crippen LogP contribution in [0.1, 0.15) is 32.4 Å². The number of nitrogens with zero attached hydrogens (tertiary/aromatic N) is 1. The van der Waals surface area contributed by atoms with Gasteiger partial charge in [0.1, 0.15) is 5.75 Å². The predicted molar refractivity (Wildman–Crippen MR) is 92.7 cm³/mol. The Hall–Kier alpha value is -2.49. The van der Waals surface area contributed by atoms with Crippen LogP contribution in [0.3, 0.4) is 0 Å². The molecular weight excluding hydrogens is 288 g/mol. The first-order chi connectivity index (χ1) is 11.0. The lowest BCUT2D eigenvalue weighted by Crippen LogP contribution is -2.48. The number of para-hydroxylation sites is 1. The summed E-state index contributed by atoms with van der Waals surface area (Å²) in [4.78, 5) is 13.9. The lowest BCUT2D eigenvalue weighted by Gasteiger charge is -2.44. The van der Waals surface area contributed by atoms with Crippen LogP contribution in [-0.4, -0.2) is 17.1 Å². The van der Waals surface area contributed by atoms with Crippen molar-refractivity contribution in [1.29, 1.82) is 0 Å². The van der Waals surface area contributed by atoms with Crippen LogP contribution in [0.2, 0.25) is 0 Å². The van der Waals surface area contributed by atoms with Gasteiger partial charge in [0.15, 0.2) is 0 Å². The van der Waals surface area contributed by atoms with E-state index < -0.39 is 0 Å². The number of benzene rings is 2. The summed E-state index contributed by atoms with van der Waals surface area (Å²) in [6.07, 6.45) is 0. The second-order valence-electron chi connectivity index (χ2n) is 6.22. The van der Waals surface area contributed by atoms with Crippen LogP contribution < -0.4 is 10.2 Å². The number of phenolic OH excluding ortho intramolecular Hbond substituents is 1. The molecule has 120 valence electrons. The van der Waals surface area contributed by atoms with Crippen molar-refractivity contribution < 1.29 is 9.90 Å². The van der Waals surface area contributed by atoms with Crippen LogP contribution in [0.5, 0.6) is 5.75 Å². The fourth-order valence-corrected chi connectivity index (χ4v) is 3.41. The highest BCUT2D eigenvalue weighted by Gasteiger charge is 2.38. The Morgan fingerprint density at radius 2 is 1.83 bits per heavy atom. The van der Waals surface area contributed by atoms with E-state index in [1.54, 1.807) is 19.1 Å². The second kappa shape index (κ2) is 5.95. The number of hydrogen-bond acceptors (Lipinski definition) is 3. The summed E-state index contributed by atoms with van der Waals surface area (Å²) in [7, 11) is 0. The molecule has 1 aliphatic rings. The summed E-state index contributed by atoms with van der Waals surface area (Å²) in [6, 6.07) is 15.3.